The van der Waals surface area contributed by atoms with Gasteiger partial charge in [-0.05, 0) is 114 Å². The number of ketones is 3. The van der Waals surface area contributed by atoms with Gasteiger partial charge in [-0.15, -0.1) is 0 Å². The molecule has 412 valence electrons. The summed E-state index contributed by atoms with van der Waals surface area (Å²) in [6.07, 6.45) is 9.76. The SMILES string of the molecule is CO[C@H]1C[C@@H]2CC[C@@H](C)[C@@](O)(O2)C(=O)C(=O)N2CCCC[C@H]2C(=O)O[C@H]([C@H](C)C[C@@H]2CC[C@@H](OC(=O)C(C)(CO)CO)[C@@H](OC)C2)CC(=O)[C@H](C)/C=C(\C)[C@@H](O)[C@@H](OC)C(=O)[C@H](C)C[C@H](C)/C=C/C=CC=C1C. The lowest BCUT2D eigenvalue weighted by Gasteiger charge is -2.42. The van der Waals surface area contributed by atoms with Gasteiger partial charge in [-0.25, -0.2) is 4.79 Å². The van der Waals surface area contributed by atoms with Crippen LogP contribution in [-0.2, 0) is 57.2 Å². The Morgan fingerprint density at radius 1 is 0.863 bits per heavy atom. The van der Waals surface area contributed by atoms with Crippen LogP contribution in [0.2, 0.25) is 0 Å². The number of cyclic esters (lactones) is 1. The number of carbonyl (C=O) groups excluding carboxylic acids is 6. The fourth-order valence-corrected chi connectivity index (χ4v) is 10.7. The second-order valence-corrected chi connectivity index (χ2v) is 21.8. The van der Waals surface area contributed by atoms with Crippen molar-refractivity contribution < 1.29 is 77.6 Å². The molecule has 15 atom stereocenters. The molecule has 1 saturated carbocycles. The van der Waals surface area contributed by atoms with Gasteiger partial charge in [-0.1, -0.05) is 71.1 Å². The second kappa shape index (κ2) is 28.3. The van der Waals surface area contributed by atoms with E-state index in [-0.39, 0.29) is 42.8 Å². The molecule has 1 aliphatic carbocycles. The number of rotatable bonds is 10. The normalized spacial score (nSPS) is 36.3. The van der Waals surface area contributed by atoms with Crippen LogP contribution in [0.4, 0.5) is 0 Å². The minimum atomic E-state index is -2.47. The first-order valence-electron chi connectivity index (χ1n) is 26.4. The molecule has 3 heterocycles. The standard InChI is InChI=1S/C56H87NO16/c1-33-17-13-12-14-18-34(2)45(68-9)29-41-22-20-39(7)56(67,73-41)51(63)52(64)57-24-16-15-19-42(57)53(65)71-46(30-43(60)35(3)26-38(6)49(62)50(70-11)48(61)37(5)25-33)36(4)27-40-21-23-44(47(28-40)69-10)72-54(66)55(8,31-58)32-59/h12-14,17-18,26,33,35-37,39-42,44-47,49-50,58-59,62,67H,15-16,19-25,27-32H2,1-11H3/b14-12?,17-13+,34-18?,38-26+/t33-,35-,36-,37-,39-,40+,41+,42+,44-,45+,46+,47+,49-,50+,56-/m1/s1. The molecule has 0 aromatic carbocycles. The van der Waals surface area contributed by atoms with Crippen LogP contribution in [0.25, 0.3) is 0 Å². The third-order valence-corrected chi connectivity index (χ3v) is 15.9. The molecule has 17 heteroatoms. The van der Waals surface area contributed by atoms with Crippen molar-refractivity contribution in [3.05, 3.63) is 47.6 Å². The number of piperidine rings is 1. The number of ether oxygens (including phenoxy) is 6. The van der Waals surface area contributed by atoms with E-state index in [2.05, 4.69) is 0 Å². The highest BCUT2D eigenvalue weighted by atomic mass is 16.6. The van der Waals surface area contributed by atoms with Crippen LogP contribution in [0.5, 0.6) is 0 Å². The molecule has 17 nitrogen and oxygen atoms in total. The van der Waals surface area contributed by atoms with Crippen LogP contribution in [0.15, 0.2) is 47.6 Å². The Hall–Kier alpha value is -3.94. The van der Waals surface area contributed by atoms with E-state index < -0.39 is 120 Å². The van der Waals surface area contributed by atoms with Gasteiger partial charge in [0.25, 0.3) is 11.7 Å². The molecule has 1 amide bonds. The number of aliphatic hydroxyl groups excluding tert-OH is 3. The highest BCUT2D eigenvalue weighted by Gasteiger charge is 2.53. The van der Waals surface area contributed by atoms with Crippen LogP contribution in [0.1, 0.15) is 132 Å². The van der Waals surface area contributed by atoms with E-state index in [0.29, 0.717) is 69.8 Å². The Bertz CT molecular complexity index is 2010. The number of fused-ring (bicyclic) bond motifs is 3. The number of aliphatic hydroxyl groups is 4. The zero-order chi connectivity index (χ0) is 54.4. The van der Waals surface area contributed by atoms with Crippen molar-refractivity contribution in [2.45, 2.75) is 187 Å². The number of esters is 2. The van der Waals surface area contributed by atoms with Crippen LogP contribution in [0, 0.1) is 40.9 Å². The average molecular weight is 1030 g/mol. The zero-order valence-corrected chi connectivity index (χ0v) is 45.3. The molecule has 0 aromatic rings. The molecular formula is C56H87NO16. The van der Waals surface area contributed by atoms with Crippen LogP contribution >= 0.6 is 0 Å². The van der Waals surface area contributed by atoms with Gasteiger partial charge in [0, 0.05) is 58.5 Å². The molecule has 0 unspecified atom stereocenters. The fraction of sp³-hybridized carbons (Fsp3) is 0.750. The minimum Gasteiger partial charge on any atom is -0.460 e. The van der Waals surface area contributed by atoms with Crippen molar-refractivity contribution in [3.8, 4) is 0 Å². The topological polar surface area (TPSA) is 242 Å². The summed E-state index contributed by atoms with van der Waals surface area (Å²) in [6.45, 7) is 12.7. The number of Topliss-reactive ketones (excluding diaryl/α,β-unsaturated/α-hetero) is 3. The van der Waals surface area contributed by atoms with E-state index in [9.17, 15) is 49.2 Å². The number of nitrogens with zero attached hydrogens (tertiary/aromatic N) is 1. The van der Waals surface area contributed by atoms with E-state index in [1.165, 1.54) is 21.1 Å². The molecule has 2 bridgehead atoms. The summed E-state index contributed by atoms with van der Waals surface area (Å²) in [5, 5.41) is 43.1. The number of hydrogen-bond acceptors (Lipinski definition) is 16. The van der Waals surface area contributed by atoms with Gasteiger partial charge < -0.3 is 53.7 Å². The predicted molar refractivity (Wildman–Crippen MR) is 271 cm³/mol. The Morgan fingerprint density at radius 2 is 1.56 bits per heavy atom. The summed E-state index contributed by atoms with van der Waals surface area (Å²) in [4.78, 5) is 85.4. The first-order valence-corrected chi connectivity index (χ1v) is 26.4. The largest absolute Gasteiger partial charge is 0.460 e. The van der Waals surface area contributed by atoms with Crippen molar-refractivity contribution in [1.29, 1.82) is 0 Å². The van der Waals surface area contributed by atoms with Crippen molar-refractivity contribution in [2.24, 2.45) is 40.9 Å². The van der Waals surface area contributed by atoms with Gasteiger partial charge in [0.2, 0.25) is 5.79 Å². The van der Waals surface area contributed by atoms with E-state index in [0.717, 1.165) is 10.5 Å². The van der Waals surface area contributed by atoms with Gasteiger partial charge >= 0.3 is 11.9 Å². The Balaban J connectivity index is 1.69. The molecule has 4 aliphatic rings. The van der Waals surface area contributed by atoms with E-state index >= 15 is 0 Å². The molecule has 0 spiro atoms. The van der Waals surface area contributed by atoms with E-state index in [4.69, 9.17) is 28.4 Å². The smallest absolute Gasteiger partial charge is 0.329 e. The van der Waals surface area contributed by atoms with Crippen LogP contribution in [0.3, 0.4) is 0 Å². The lowest BCUT2D eigenvalue weighted by Crippen LogP contribution is -2.61. The van der Waals surface area contributed by atoms with Gasteiger partial charge in [-0.2, -0.15) is 0 Å². The number of carbonyl (C=O) groups is 6. The molecule has 3 aliphatic heterocycles. The maximum atomic E-state index is 14.5. The Morgan fingerprint density at radius 3 is 2.21 bits per heavy atom. The summed E-state index contributed by atoms with van der Waals surface area (Å²) in [7, 11) is 4.43. The minimum absolute atomic E-state index is 0.00697. The number of methoxy groups -OCH3 is 3. The van der Waals surface area contributed by atoms with Gasteiger partial charge in [0.05, 0.1) is 31.5 Å². The van der Waals surface area contributed by atoms with E-state index in [1.54, 1.807) is 40.9 Å². The maximum Gasteiger partial charge on any atom is 0.329 e. The lowest BCUT2D eigenvalue weighted by atomic mass is 9.78. The Kier molecular flexibility index (Phi) is 23.9. The molecule has 2 saturated heterocycles. The first kappa shape index (κ1) is 61.6. The van der Waals surface area contributed by atoms with Crippen molar-refractivity contribution in [1.82, 2.24) is 4.90 Å². The molecule has 3 fully saturated rings. The lowest BCUT2D eigenvalue weighted by molar-refractivity contribution is -0.265. The number of hydrogen-bond donors (Lipinski definition) is 4. The molecule has 4 N–H and O–H groups in total. The maximum absolute atomic E-state index is 14.5. The predicted octanol–water partition coefficient (Wildman–Crippen LogP) is 5.72. The number of amides is 1. The third kappa shape index (κ3) is 16.0. The first-order chi connectivity index (χ1) is 34.5. The Labute approximate surface area is 433 Å². The number of allylic oxidation sites excluding steroid dienone is 6. The highest BCUT2D eigenvalue weighted by molar-refractivity contribution is 6.39. The van der Waals surface area contributed by atoms with Crippen molar-refractivity contribution in [2.75, 3.05) is 41.1 Å². The van der Waals surface area contributed by atoms with E-state index in [1.807, 2.05) is 51.2 Å². The highest BCUT2D eigenvalue weighted by Crippen LogP contribution is 2.38. The van der Waals surface area contributed by atoms with Crippen LogP contribution < -0.4 is 0 Å². The summed E-state index contributed by atoms with van der Waals surface area (Å²) < 4.78 is 35.4. The second-order valence-electron chi connectivity index (χ2n) is 21.8. The van der Waals surface area contributed by atoms with Gasteiger partial charge in [0.1, 0.15) is 41.7 Å². The summed E-state index contributed by atoms with van der Waals surface area (Å²) in [6, 6.07) is -1.20. The van der Waals surface area contributed by atoms with Gasteiger partial charge in [0.15, 0.2) is 5.78 Å². The average Bonchev–Trinajstić information content (AvgIpc) is 3.37. The van der Waals surface area contributed by atoms with Crippen LogP contribution in [-0.4, -0.2) is 156 Å². The molecular weight excluding hydrogens is 943 g/mol. The van der Waals surface area contributed by atoms with Crippen molar-refractivity contribution >= 4 is 35.2 Å². The fourth-order valence-electron chi connectivity index (χ4n) is 10.7. The van der Waals surface area contributed by atoms with Crippen molar-refractivity contribution in [3.63, 3.8) is 0 Å². The summed E-state index contributed by atoms with van der Waals surface area (Å²) in [5.74, 6) is -9.36. The quantitative estimate of drug-likeness (QED) is 0.116. The summed E-state index contributed by atoms with van der Waals surface area (Å²) >= 11 is 0. The third-order valence-electron chi connectivity index (χ3n) is 15.9. The zero-order valence-electron chi connectivity index (χ0n) is 45.3. The van der Waals surface area contributed by atoms with Gasteiger partial charge in [-0.3, -0.25) is 24.0 Å². The molecule has 73 heavy (non-hydrogen) atoms. The monoisotopic (exact) mass is 1030 g/mol. The molecule has 4 rings (SSSR count). The molecule has 0 aromatic heterocycles. The summed E-state index contributed by atoms with van der Waals surface area (Å²) in [5.41, 5.74) is -0.277. The molecule has 0 radical (unpaired) electrons.